The number of aromatic hydroxyl groups is 1. The topological polar surface area (TPSA) is 206 Å². The molecule has 17 heteroatoms. The van der Waals surface area contributed by atoms with Crippen LogP contribution in [0.5, 0.6) is 11.5 Å². The number of ether oxygens (including phenoxy) is 2. The van der Waals surface area contributed by atoms with Gasteiger partial charge in [0, 0.05) is 25.7 Å². The predicted molar refractivity (Wildman–Crippen MR) is 130 cm³/mol. The number of hydrogen-bond donors (Lipinski definition) is 4. The Balaban J connectivity index is 1.59. The van der Waals surface area contributed by atoms with Gasteiger partial charge in [0.15, 0.2) is 17.4 Å². The van der Waals surface area contributed by atoms with Crippen molar-refractivity contribution in [2.24, 2.45) is 7.05 Å². The van der Waals surface area contributed by atoms with Crippen LogP contribution in [0.3, 0.4) is 0 Å². The lowest BCUT2D eigenvalue weighted by atomic mass is 9.94. The van der Waals surface area contributed by atoms with Crippen LogP contribution >= 0.6 is 23.5 Å². The lowest BCUT2D eigenvalue weighted by Gasteiger charge is -2.56. The zero-order valence-electron chi connectivity index (χ0n) is 20.1. The van der Waals surface area contributed by atoms with Gasteiger partial charge in [-0.15, -0.1) is 16.9 Å². The number of tetrazole rings is 1. The number of β-lactam (4-membered cyclic amide) rings is 1. The maximum Gasteiger partial charge on any atom is 0.352 e. The molecule has 0 aliphatic carbocycles. The Labute approximate surface area is 223 Å². The number of carbonyl (C=O) groups is 4. The predicted octanol–water partition coefficient (Wildman–Crippen LogP) is -0.402. The monoisotopic (exact) mass is 566 g/mol. The van der Waals surface area contributed by atoms with Crippen LogP contribution in [0.25, 0.3) is 0 Å². The van der Waals surface area contributed by atoms with Gasteiger partial charge in [0.05, 0.1) is 7.11 Å². The van der Waals surface area contributed by atoms with Crippen LogP contribution in [0, 0.1) is 0 Å². The molecule has 202 valence electrons. The third-order valence-corrected chi connectivity index (χ3v) is 8.42. The van der Waals surface area contributed by atoms with Gasteiger partial charge in [-0.1, -0.05) is 17.8 Å². The van der Waals surface area contributed by atoms with Crippen molar-refractivity contribution in [1.29, 1.82) is 0 Å². The molecule has 0 radical (unpaired) electrons. The number of carboxylic acid groups (broad SMARTS) is 2. The van der Waals surface area contributed by atoms with E-state index in [-0.39, 0.29) is 34.3 Å². The summed E-state index contributed by atoms with van der Waals surface area (Å²) in [6, 6.07) is 3.61. The number of fused-ring (bicyclic) bond motifs is 1. The standard InChI is InChI=1S/C21H22N6O9S2/c1-26-20(23-24-25-26)38-8-10-7-37-19-21(36-3,18(34)27(19)14(10)17(32)33)22-15(29)13(16(30)31)9-4-5-11(28)12(6-9)35-2/h4-6,13,19,28H,7-8H2,1-3H3,(H,22,29)(H,30,31)(H,32,33)/t13?,19-,21-/m0/s1. The summed E-state index contributed by atoms with van der Waals surface area (Å²) in [4.78, 5) is 51.8. The number of nitrogens with one attached hydrogen (secondary N) is 1. The number of phenolic OH excluding ortho intramolecular Hbond substituents is 1. The minimum atomic E-state index is -2.00. The molecule has 15 nitrogen and oxygen atoms in total. The summed E-state index contributed by atoms with van der Waals surface area (Å²) in [6.07, 6.45) is 0. The highest BCUT2D eigenvalue weighted by atomic mass is 32.2. The Morgan fingerprint density at radius 2 is 2.05 bits per heavy atom. The van der Waals surface area contributed by atoms with Crippen LogP contribution in [0.2, 0.25) is 0 Å². The van der Waals surface area contributed by atoms with E-state index >= 15 is 0 Å². The van der Waals surface area contributed by atoms with E-state index in [0.717, 1.165) is 23.8 Å². The molecule has 2 amide bonds. The fraction of sp³-hybridized carbons (Fsp3) is 0.381. The van der Waals surface area contributed by atoms with Gasteiger partial charge in [0.25, 0.3) is 11.6 Å². The van der Waals surface area contributed by atoms with E-state index in [1.165, 1.54) is 41.8 Å². The lowest BCUT2D eigenvalue weighted by molar-refractivity contribution is -0.193. The molecule has 0 spiro atoms. The van der Waals surface area contributed by atoms with Crippen molar-refractivity contribution in [3.63, 3.8) is 0 Å². The average molecular weight is 567 g/mol. The van der Waals surface area contributed by atoms with E-state index in [1.807, 2.05) is 0 Å². The van der Waals surface area contributed by atoms with E-state index < -0.39 is 40.8 Å². The number of phenols is 1. The molecule has 2 aromatic rings. The largest absolute Gasteiger partial charge is 0.504 e. The summed E-state index contributed by atoms with van der Waals surface area (Å²) in [5.74, 6) is -6.51. The molecule has 0 bridgehead atoms. The first-order chi connectivity index (χ1) is 18.0. The van der Waals surface area contributed by atoms with E-state index in [0.29, 0.717) is 10.7 Å². The molecular weight excluding hydrogens is 544 g/mol. The summed E-state index contributed by atoms with van der Waals surface area (Å²) >= 11 is 2.35. The van der Waals surface area contributed by atoms with Gasteiger partial charge in [-0.05, 0) is 33.7 Å². The molecular formula is C21H22N6O9S2. The number of nitrogens with zero attached hydrogens (tertiary/aromatic N) is 5. The second-order valence-corrected chi connectivity index (χ2v) is 10.1. The van der Waals surface area contributed by atoms with Gasteiger partial charge in [-0.25, -0.2) is 9.48 Å². The fourth-order valence-corrected chi connectivity index (χ4v) is 6.51. The van der Waals surface area contributed by atoms with Gasteiger partial charge in [-0.3, -0.25) is 19.3 Å². The normalized spacial score (nSPS) is 21.4. The van der Waals surface area contributed by atoms with Crippen LogP contribution in [0.4, 0.5) is 0 Å². The molecule has 1 unspecified atom stereocenters. The highest BCUT2D eigenvalue weighted by Crippen LogP contribution is 2.47. The van der Waals surface area contributed by atoms with Gasteiger partial charge in [0.2, 0.25) is 11.1 Å². The molecule has 1 aromatic heterocycles. The number of thioether (sulfide) groups is 2. The average Bonchev–Trinajstić information content (AvgIpc) is 3.30. The van der Waals surface area contributed by atoms with E-state index in [1.54, 1.807) is 7.05 Å². The second kappa shape index (κ2) is 10.5. The van der Waals surface area contributed by atoms with Crippen LogP contribution in [0.15, 0.2) is 34.6 Å². The van der Waals surface area contributed by atoms with Crippen molar-refractivity contribution in [1.82, 2.24) is 30.4 Å². The summed E-state index contributed by atoms with van der Waals surface area (Å²) in [6.45, 7) is 0. The van der Waals surface area contributed by atoms with Crippen molar-refractivity contribution in [2.45, 2.75) is 22.2 Å². The van der Waals surface area contributed by atoms with Gasteiger partial charge < -0.3 is 30.1 Å². The second-order valence-electron chi connectivity index (χ2n) is 8.10. The molecule has 3 heterocycles. The molecule has 4 rings (SSSR count). The van der Waals surface area contributed by atoms with Crippen LogP contribution in [0.1, 0.15) is 11.5 Å². The fourth-order valence-electron chi connectivity index (χ4n) is 4.08. The molecule has 3 atom stereocenters. The zero-order chi connectivity index (χ0) is 27.8. The molecule has 1 aromatic carbocycles. The summed E-state index contributed by atoms with van der Waals surface area (Å²) in [7, 11) is 4.06. The van der Waals surface area contributed by atoms with Crippen molar-refractivity contribution in [3.05, 3.63) is 35.0 Å². The van der Waals surface area contributed by atoms with Crippen LogP contribution < -0.4 is 10.1 Å². The number of benzene rings is 1. The Morgan fingerprint density at radius 3 is 2.63 bits per heavy atom. The number of methoxy groups -OCH3 is 2. The number of hydrogen-bond acceptors (Lipinski definition) is 12. The SMILES string of the molecule is COc1cc(C(C(=O)O)C(=O)N[C@]2(OC)C(=O)N3C(C(=O)O)=C(CSc4nnnn4C)CS[C@H]32)ccc1O. The lowest BCUT2D eigenvalue weighted by Crippen LogP contribution is -2.81. The number of aryl methyl sites for hydroxylation is 1. The Bertz CT molecular complexity index is 1350. The molecule has 1 fully saturated rings. The third kappa shape index (κ3) is 4.52. The quantitative estimate of drug-likeness (QED) is 0.125. The van der Waals surface area contributed by atoms with Crippen LogP contribution in [-0.2, 0) is 31.0 Å². The number of carbonyl (C=O) groups excluding carboxylic acids is 2. The summed E-state index contributed by atoms with van der Waals surface area (Å²) in [5.41, 5.74) is -1.82. The number of aliphatic carboxylic acids is 2. The Kier molecular flexibility index (Phi) is 7.52. The Hall–Kier alpha value is -3.83. The van der Waals surface area contributed by atoms with E-state index in [9.17, 15) is 34.5 Å². The van der Waals surface area contributed by atoms with Crippen molar-refractivity contribution in [3.8, 4) is 11.5 Å². The number of carboxylic acids is 2. The highest BCUT2D eigenvalue weighted by molar-refractivity contribution is 8.01. The highest BCUT2D eigenvalue weighted by Gasteiger charge is 2.67. The van der Waals surface area contributed by atoms with Crippen molar-refractivity contribution >= 4 is 47.3 Å². The third-order valence-electron chi connectivity index (χ3n) is 5.95. The molecule has 4 N–H and O–H groups in total. The summed E-state index contributed by atoms with van der Waals surface area (Å²) < 4.78 is 11.8. The van der Waals surface area contributed by atoms with Crippen LogP contribution in [-0.4, -0.2) is 101 Å². The smallest absolute Gasteiger partial charge is 0.352 e. The van der Waals surface area contributed by atoms with Gasteiger partial charge in [0.1, 0.15) is 11.1 Å². The number of rotatable bonds is 10. The molecule has 2 aliphatic rings. The first-order valence-corrected chi connectivity index (χ1v) is 12.8. The zero-order valence-corrected chi connectivity index (χ0v) is 21.8. The maximum absolute atomic E-state index is 13.3. The molecule has 38 heavy (non-hydrogen) atoms. The Morgan fingerprint density at radius 1 is 1.32 bits per heavy atom. The van der Waals surface area contributed by atoms with E-state index in [2.05, 4.69) is 20.8 Å². The maximum atomic E-state index is 13.3. The van der Waals surface area contributed by atoms with Gasteiger partial charge >= 0.3 is 11.9 Å². The molecule has 0 saturated carbocycles. The minimum Gasteiger partial charge on any atom is -0.504 e. The minimum absolute atomic E-state index is 0.0143. The first-order valence-electron chi connectivity index (χ1n) is 10.8. The van der Waals surface area contributed by atoms with Crippen molar-refractivity contribution < 1.29 is 44.0 Å². The number of amides is 2. The van der Waals surface area contributed by atoms with Gasteiger partial charge in [-0.2, -0.15) is 0 Å². The molecule has 1 saturated heterocycles. The van der Waals surface area contributed by atoms with E-state index in [4.69, 9.17) is 9.47 Å². The van der Waals surface area contributed by atoms with Crippen molar-refractivity contribution in [2.75, 3.05) is 25.7 Å². The summed E-state index contributed by atoms with van der Waals surface area (Å²) in [5, 5.41) is 42.5. The number of aromatic nitrogens is 4. The first kappa shape index (κ1) is 27.2. The molecule has 2 aliphatic heterocycles.